The number of ether oxygens (including phenoxy) is 1. The Balaban J connectivity index is 1.77. The van der Waals surface area contributed by atoms with Gasteiger partial charge in [0.15, 0.2) is 5.76 Å². The first-order valence-electron chi connectivity index (χ1n) is 7.90. The van der Waals surface area contributed by atoms with Crippen LogP contribution in [0.5, 0.6) is 0 Å². The number of carbonyl (C=O) groups is 1. The number of nitrogens with zero attached hydrogens (tertiary/aromatic N) is 1. The van der Waals surface area contributed by atoms with Crippen LogP contribution >= 0.6 is 27.5 Å². The van der Waals surface area contributed by atoms with Gasteiger partial charge in [-0.3, -0.25) is 5.32 Å². The second-order valence-corrected chi connectivity index (χ2v) is 6.99. The summed E-state index contributed by atoms with van der Waals surface area (Å²) in [5, 5.41) is 7.30. The van der Waals surface area contributed by atoms with E-state index in [0.29, 0.717) is 22.2 Å². The van der Waals surface area contributed by atoms with Crippen molar-refractivity contribution in [3.63, 3.8) is 0 Å². The molecule has 0 fully saturated rings. The molecule has 5 nitrogen and oxygen atoms in total. The molecule has 0 unspecified atom stereocenters. The van der Waals surface area contributed by atoms with Gasteiger partial charge in [0.25, 0.3) is 0 Å². The highest BCUT2D eigenvalue weighted by Gasteiger charge is 2.20. The minimum atomic E-state index is -0.609. The van der Waals surface area contributed by atoms with Crippen molar-refractivity contribution in [3.8, 4) is 11.3 Å². The van der Waals surface area contributed by atoms with Crippen LogP contribution in [0.25, 0.3) is 11.3 Å². The summed E-state index contributed by atoms with van der Waals surface area (Å²) in [6.45, 7) is 3.49. The van der Waals surface area contributed by atoms with Crippen molar-refractivity contribution in [1.82, 2.24) is 5.16 Å². The number of halogens is 2. The Morgan fingerprint density at radius 3 is 2.62 bits per heavy atom. The van der Waals surface area contributed by atoms with E-state index in [4.69, 9.17) is 20.9 Å². The number of carbonyl (C=O) groups excluding carboxylic acids is 1. The fraction of sp³-hybridized carbons (Fsp3) is 0.158. The Hall–Kier alpha value is -2.31. The number of rotatable bonds is 4. The fourth-order valence-corrected chi connectivity index (χ4v) is 3.04. The van der Waals surface area contributed by atoms with Gasteiger partial charge in [-0.2, -0.15) is 0 Å². The molecule has 134 valence electrons. The molecule has 0 aliphatic carbocycles. The van der Waals surface area contributed by atoms with Gasteiger partial charge in [-0.15, -0.1) is 0 Å². The number of aryl methyl sites for hydroxylation is 1. The molecule has 1 atom stereocenters. The average molecular weight is 436 g/mol. The Morgan fingerprint density at radius 2 is 1.92 bits per heavy atom. The van der Waals surface area contributed by atoms with E-state index < -0.39 is 12.2 Å². The number of hydrogen-bond donors (Lipinski definition) is 1. The molecule has 26 heavy (non-hydrogen) atoms. The molecule has 7 heteroatoms. The smallest absolute Gasteiger partial charge is 0.412 e. The normalized spacial score (nSPS) is 11.8. The number of anilines is 1. The molecule has 3 rings (SSSR count). The van der Waals surface area contributed by atoms with Gasteiger partial charge in [-0.1, -0.05) is 63.0 Å². The lowest BCUT2D eigenvalue weighted by atomic mass is 10.1. The quantitative estimate of drug-likeness (QED) is 0.517. The lowest BCUT2D eigenvalue weighted by Crippen LogP contribution is -2.17. The van der Waals surface area contributed by atoms with E-state index >= 15 is 0 Å². The zero-order chi connectivity index (χ0) is 18.7. The van der Waals surface area contributed by atoms with Gasteiger partial charge in [0.05, 0.1) is 0 Å². The highest BCUT2D eigenvalue weighted by atomic mass is 79.9. The molecule has 0 aliphatic rings. The van der Waals surface area contributed by atoms with Gasteiger partial charge < -0.3 is 9.26 Å². The Bertz CT molecular complexity index is 925. The molecule has 0 spiro atoms. The molecule has 1 heterocycles. The van der Waals surface area contributed by atoms with Crippen LogP contribution in [0.15, 0.2) is 57.5 Å². The van der Waals surface area contributed by atoms with Gasteiger partial charge in [0.2, 0.25) is 0 Å². The Morgan fingerprint density at radius 1 is 1.23 bits per heavy atom. The molecule has 3 aromatic rings. The second-order valence-electron chi connectivity index (χ2n) is 5.66. The van der Waals surface area contributed by atoms with Crippen molar-refractivity contribution in [3.05, 3.63) is 69.3 Å². The number of amides is 1. The third-order valence-corrected chi connectivity index (χ3v) is 4.71. The molecule has 1 amide bonds. The highest BCUT2D eigenvalue weighted by Crippen LogP contribution is 2.32. The summed E-state index contributed by atoms with van der Waals surface area (Å²) in [4.78, 5) is 12.3. The van der Waals surface area contributed by atoms with Crippen molar-refractivity contribution < 1.29 is 14.1 Å². The van der Waals surface area contributed by atoms with Crippen LogP contribution in [0.4, 0.5) is 10.5 Å². The summed E-state index contributed by atoms with van der Waals surface area (Å²) >= 11 is 9.54. The average Bonchev–Trinajstić information content (AvgIpc) is 2.96. The third-order valence-electron chi connectivity index (χ3n) is 3.83. The van der Waals surface area contributed by atoms with Crippen LogP contribution in [0.2, 0.25) is 5.02 Å². The first-order valence-corrected chi connectivity index (χ1v) is 9.07. The van der Waals surface area contributed by atoms with Crippen molar-refractivity contribution in [1.29, 1.82) is 0 Å². The largest absolute Gasteiger partial charge is 0.441 e. The summed E-state index contributed by atoms with van der Waals surface area (Å²) in [6, 6.07) is 14.8. The van der Waals surface area contributed by atoms with Crippen LogP contribution < -0.4 is 5.32 Å². The van der Waals surface area contributed by atoms with E-state index in [0.717, 1.165) is 15.6 Å². The van der Waals surface area contributed by atoms with Crippen LogP contribution in [0.1, 0.15) is 24.4 Å². The van der Waals surface area contributed by atoms with Crippen molar-refractivity contribution in [2.45, 2.75) is 20.0 Å². The predicted molar refractivity (Wildman–Crippen MR) is 104 cm³/mol. The van der Waals surface area contributed by atoms with Crippen molar-refractivity contribution in [2.75, 3.05) is 5.32 Å². The number of hydrogen-bond acceptors (Lipinski definition) is 4. The molecule has 0 aliphatic heterocycles. The molecule has 2 aromatic carbocycles. The zero-order valence-electron chi connectivity index (χ0n) is 14.1. The maximum Gasteiger partial charge on any atom is 0.412 e. The summed E-state index contributed by atoms with van der Waals surface area (Å²) in [5.41, 5.74) is 2.57. The third kappa shape index (κ3) is 4.08. The first kappa shape index (κ1) is 18.5. The topological polar surface area (TPSA) is 64.4 Å². The molecular weight excluding hydrogens is 420 g/mol. The number of nitrogens with one attached hydrogen (secondary N) is 1. The van der Waals surface area contributed by atoms with Gasteiger partial charge in [0.1, 0.15) is 17.5 Å². The maximum atomic E-state index is 12.3. The van der Waals surface area contributed by atoms with E-state index in [2.05, 4.69) is 26.4 Å². The minimum absolute atomic E-state index is 0.476. The Labute approximate surface area is 164 Å². The van der Waals surface area contributed by atoms with Crippen molar-refractivity contribution in [2.24, 2.45) is 0 Å². The monoisotopic (exact) mass is 434 g/mol. The molecule has 1 aromatic heterocycles. The van der Waals surface area contributed by atoms with Crippen LogP contribution in [0, 0.1) is 6.92 Å². The molecule has 0 saturated carbocycles. The van der Waals surface area contributed by atoms with E-state index in [1.807, 2.05) is 42.5 Å². The second kappa shape index (κ2) is 7.93. The highest BCUT2D eigenvalue weighted by molar-refractivity contribution is 9.10. The van der Waals surface area contributed by atoms with E-state index in [-0.39, 0.29) is 0 Å². The van der Waals surface area contributed by atoms with Gasteiger partial charge >= 0.3 is 6.09 Å². The van der Waals surface area contributed by atoms with Crippen LogP contribution in [0.3, 0.4) is 0 Å². The summed E-state index contributed by atoms with van der Waals surface area (Å²) in [5.74, 6) is 0.491. The zero-order valence-corrected chi connectivity index (χ0v) is 16.5. The first-order chi connectivity index (χ1) is 12.5. The standard InChI is InChI=1S/C19H16BrClN2O3/c1-11(15-5-3-4-6-16(15)21)25-19(24)22-17-12(2)26-23-18(17)13-7-9-14(20)10-8-13/h3-11H,1-2H3,(H,22,24)/t11-/m1/s1. The summed E-state index contributed by atoms with van der Waals surface area (Å²) in [6.07, 6.45) is -1.11. The van der Waals surface area contributed by atoms with Crippen molar-refractivity contribution >= 4 is 39.3 Å². The summed E-state index contributed by atoms with van der Waals surface area (Å²) in [7, 11) is 0. The molecule has 1 N–H and O–H groups in total. The van der Waals surface area contributed by atoms with Crippen LogP contribution in [-0.2, 0) is 4.74 Å². The van der Waals surface area contributed by atoms with Gasteiger partial charge in [0, 0.05) is 20.6 Å². The number of aromatic nitrogens is 1. The van der Waals surface area contributed by atoms with Gasteiger partial charge in [-0.05, 0) is 32.0 Å². The van der Waals surface area contributed by atoms with Gasteiger partial charge in [-0.25, -0.2) is 4.79 Å². The molecular formula is C19H16BrClN2O3. The molecule has 0 radical (unpaired) electrons. The fourth-order valence-electron chi connectivity index (χ4n) is 2.48. The lowest BCUT2D eigenvalue weighted by Gasteiger charge is -2.15. The van der Waals surface area contributed by atoms with E-state index in [1.54, 1.807) is 19.9 Å². The lowest BCUT2D eigenvalue weighted by molar-refractivity contribution is 0.121. The Kier molecular flexibility index (Phi) is 5.64. The van der Waals surface area contributed by atoms with E-state index in [1.165, 1.54) is 0 Å². The molecule has 0 saturated heterocycles. The predicted octanol–water partition coefficient (Wildman–Crippen LogP) is 6.38. The summed E-state index contributed by atoms with van der Waals surface area (Å²) < 4.78 is 11.6. The van der Waals surface area contributed by atoms with Crippen LogP contribution in [-0.4, -0.2) is 11.2 Å². The SMILES string of the molecule is Cc1onc(-c2ccc(Br)cc2)c1NC(=O)O[C@H](C)c1ccccc1Cl. The minimum Gasteiger partial charge on any atom is -0.441 e. The molecule has 0 bridgehead atoms. The van der Waals surface area contributed by atoms with E-state index in [9.17, 15) is 4.79 Å². The maximum absolute atomic E-state index is 12.3. The number of benzene rings is 2.